The van der Waals surface area contributed by atoms with Gasteiger partial charge in [0.05, 0.1) is 4.90 Å². The summed E-state index contributed by atoms with van der Waals surface area (Å²) in [4.78, 5) is 15.9. The number of hydrogen-bond donors (Lipinski definition) is 2. The SMILES string of the molecule is C/C=C/C(=O)Nc1ccc(S(=O)(=O)NC2=NCCCCC2)cc1. The van der Waals surface area contributed by atoms with Crippen molar-refractivity contribution in [2.75, 3.05) is 11.9 Å². The minimum atomic E-state index is -3.64. The maximum absolute atomic E-state index is 12.4. The van der Waals surface area contributed by atoms with E-state index < -0.39 is 10.0 Å². The lowest BCUT2D eigenvalue weighted by Gasteiger charge is -2.10. The van der Waals surface area contributed by atoms with Crippen molar-refractivity contribution in [1.82, 2.24) is 4.72 Å². The Bertz CT molecular complexity index is 707. The van der Waals surface area contributed by atoms with Crippen LogP contribution in [0.2, 0.25) is 0 Å². The quantitative estimate of drug-likeness (QED) is 0.829. The van der Waals surface area contributed by atoms with Crippen LogP contribution in [0.4, 0.5) is 5.69 Å². The molecule has 6 nitrogen and oxygen atoms in total. The summed E-state index contributed by atoms with van der Waals surface area (Å²) in [6.07, 6.45) is 6.68. The summed E-state index contributed by atoms with van der Waals surface area (Å²) in [6, 6.07) is 6.05. The number of rotatable bonds is 4. The van der Waals surface area contributed by atoms with E-state index in [1.807, 2.05) is 0 Å². The second-order valence-corrected chi connectivity index (χ2v) is 6.94. The van der Waals surface area contributed by atoms with Gasteiger partial charge >= 0.3 is 0 Å². The third kappa shape index (κ3) is 5.21. The molecule has 1 amide bonds. The molecule has 0 bridgehead atoms. The lowest BCUT2D eigenvalue weighted by atomic mass is 10.2. The molecule has 1 heterocycles. The zero-order chi connectivity index (χ0) is 16.7. The van der Waals surface area contributed by atoms with Gasteiger partial charge in [0.1, 0.15) is 5.84 Å². The fraction of sp³-hybridized carbons (Fsp3) is 0.375. The maximum atomic E-state index is 12.4. The summed E-state index contributed by atoms with van der Waals surface area (Å²) in [5.41, 5.74) is 0.541. The number of aliphatic imine (C=N–C) groups is 1. The van der Waals surface area contributed by atoms with Crippen LogP contribution in [0.25, 0.3) is 0 Å². The number of nitrogens with one attached hydrogen (secondary N) is 2. The molecular formula is C16H21N3O3S. The number of sulfonamides is 1. The Morgan fingerprint density at radius 2 is 1.91 bits per heavy atom. The van der Waals surface area contributed by atoms with Gasteiger partial charge in [-0.1, -0.05) is 12.5 Å². The first kappa shape index (κ1) is 17.2. The average molecular weight is 335 g/mol. The number of anilines is 1. The molecule has 0 spiro atoms. The summed E-state index contributed by atoms with van der Waals surface area (Å²) in [5.74, 6) is 0.266. The minimum absolute atomic E-state index is 0.147. The number of amidine groups is 1. The van der Waals surface area contributed by atoms with Crippen molar-refractivity contribution in [1.29, 1.82) is 0 Å². The molecule has 1 aromatic carbocycles. The van der Waals surface area contributed by atoms with Crippen LogP contribution in [0.5, 0.6) is 0 Å². The highest BCUT2D eigenvalue weighted by molar-refractivity contribution is 7.90. The van der Waals surface area contributed by atoms with Crippen LogP contribution in [0, 0.1) is 0 Å². The van der Waals surface area contributed by atoms with E-state index in [0.29, 0.717) is 24.5 Å². The van der Waals surface area contributed by atoms with E-state index >= 15 is 0 Å². The third-order valence-electron chi connectivity index (χ3n) is 3.38. The predicted octanol–water partition coefficient (Wildman–Crippen LogP) is 2.45. The van der Waals surface area contributed by atoms with E-state index in [9.17, 15) is 13.2 Å². The molecule has 0 saturated carbocycles. The number of nitrogens with zero attached hydrogens (tertiary/aromatic N) is 1. The molecule has 2 N–H and O–H groups in total. The maximum Gasteiger partial charge on any atom is 0.262 e. The monoisotopic (exact) mass is 335 g/mol. The molecule has 0 saturated heterocycles. The first-order valence-electron chi connectivity index (χ1n) is 7.61. The van der Waals surface area contributed by atoms with Gasteiger partial charge in [0.15, 0.2) is 0 Å². The van der Waals surface area contributed by atoms with Crippen molar-refractivity contribution < 1.29 is 13.2 Å². The number of benzene rings is 1. The molecule has 23 heavy (non-hydrogen) atoms. The van der Waals surface area contributed by atoms with Gasteiger partial charge in [0, 0.05) is 18.7 Å². The van der Waals surface area contributed by atoms with Gasteiger partial charge in [-0.15, -0.1) is 0 Å². The summed E-state index contributed by atoms with van der Waals surface area (Å²) >= 11 is 0. The highest BCUT2D eigenvalue weighted by Crippen LogP contribution is 2.15. The minimum Gasteiger partial charge on any atom is -0.323 e. The highest BCUT2D eigenvalue weighted by atomic mass is 32.2. The molecule has 0 aromatic heterocycles. The second kappa shape index (κ2) is 7.92. The molecule has 1 aromatic rings. The van der Waals surface area contributed by atoms with E-state index in [1.54, 1.807) is 25.1 Å². The molecule has 0 aliphatic carbocycles. The van der Waals surface area contributed by atoms with Gasteiger partial charge in [-0.2, -0.15) is 0 Å². The summed E-state index contributed by atoms with van der Waals surface area (Å²) in [7, 11) is -3.64. The number of hydrogen-bond acceptors (Lipinski definition) is 4. The molecule has 0 atom stereocenters. The summed E-state index contributed by atoms with van der Waals surface area (Å²) < 4.78 is 27.3. The Kier molecular flexibility index (Phi) is 5.92. The number of carbonyl (C=O) groups is 1. The zero-order valence-electron chi connectivity index (χ0n) is 13.1. The molecule has 0 radical (unpaired) electrons. The second-order valence-electron chi connectivity index (χ2n) is 5.26. The van der Waals surface area contributed by atoms with Gasteiger partial charge < -0.3 is 5.32 Å². The van der Waals surface area contributed by atoms with Crippen LogP contribution in [-0.4, -0.2) is 26.7 Å². The Labute approximate surface area is 136 Å². The fourth-order valence-electron chi connectivity index (χ4n) is 2.22. The first-order valence-corrected chi connectivity index (χ1v) is 9.09. The van der Waals surface area contributed by atoms with E-state index in [0.717, 1.165) is 19.3 Å². The van der Waals surface area contributed by atoms with Crippen LogP contribution in [0.1, 0.15) is 32.6 Å². The van der Waals surface area contributed by atoms with Crippen molar-refractivity contribution in [2.24, 2.45) is 4.99 Å². The molecule has 1 aliphatic heterocycles. The molecule has 124 valence electrons. The van der Waals surface area contributed by atoms with Gasteiger partial charge in [-0.25, -0.2) is 8.42 Å². The van der Waals surface area contributed by atoms with E-state index in [4.69, 9.17) is 0 Å². The largest absolute Gasteiger partial charge is 0.323 e. The van der Waals surface area contributed by atoms with Crippen molar-refractivity contribution in [3.8, 4) is 0 Å². The van der Waals surface area contributed by atoms with Crippen molar-refractivity contribution >= 4 is 27.5 Å². The molecule has 2 rings (SSSR count). The molecule has 0 unspecified atom stereocenters. The van der Waals surface area contributed by atoms with E-state index in [2.05, 4.69) is 15.0 Å². The number of amides is 1. The zero-order valence-corrected chi connectivity index (χ0v) is 13.9. The van der Waals surface area contributed by atoms with Crippen LogP contribution >= 0.6 is 0 Å². The predicted molar refractivity (Wildman–Crippen MR) is 91.0 cm³/mol. The molecule has 0 fully saturated rings. The van der Waals surface area contributed by atoms with Crippen molar-refractivity contribution in [3.63, 3.8) is 0 Å². The Morgan fingerprint density at radius 1 is 1.17 bits per heavy atom. The average Bonchev–Trinajstić information content (AvgIpc) is 2.76. The lowest BCUT2D eigenvalue weighted by Crippen LogP contribution is -2.30. The van der Waals surface area contributed by atoms with Crippen molar-refractivity contribution in [2.45, 2.75) is 37.5 Å². The molecular weight excluding hydrogens is 314 g/mol. The fourth-order valence-corrected chi connectivity index (χ4v) is 3.31. The van der Waals surface area contributed by atoms with Crippen LogP contribution in [-0.2, 0) is 14.8 Å². The summed E-state index contributed by atoms with van der Waals surface area (Å²) in [6.45, 7) is 2.41. The van der Waals surface area contributed by atoms with Crippen LogP contribution in [0.3, 0.4) is 0 Å². The standard InChI is InChI=1S/C16H21N3O3S/c1-2-6-16(20)18-13-8-10-14(11-9-13)23(21,22)19-15-7-4-3-5-12-17-15/h2,6,8-11H,3-5,7,12H2,1H3,(H,17,19)(H,18,20)/b6-2+. The third-order valence-corrected chi connectivity index (χ3v) is 4.77. The van der Waals surface area contributed by atoms with E-state index in [1.165, 1.54) is 18.2 Å². The van der Waals surface area contributed by atoms with Crippen LogP contribution in [0.15, 0.2) is 46.3 Å². The molecule has 7 heteroatoms. The summed E-state index contributed by atoms with van der Waals surface area (Å²) in [5, 5.41) is 2.65. The highest BCUT2D eigenvalue weighted by Gasteiger charge is 2.17. The lowest BCUT2D eigenvalue weighted by molar-refractivity contribution is -0.111. The Hall–Kier alpha value is -2.15. The number of allylic oxidation sites excluding steroid dienone is 1. The first-order chi connectivity index (χ1) is 11.0. The topological polar surface area (TPSA) is 87.6 Å². The van der Waals surface area contributed by atoms with Gasteiger partial charge in [-0.3, -0.25) is 14.5 Å². The van der Waals surface area contributed by atoms with Crippen LogP contribution < -0.4 is 10.0 Å². The molecule has 1 aliphatic rings. The normalized spacial score (nSPS) is 15.8. The van der Waals surface area contributed by atoms with Gasteiger partial charge in [0.25, 0.3) is 10.0 Å². The van der Waals surface area contributed by atoms with Gasteiger partial charge in [-0.05, 0) is 50.1 Å². The van der Waals surface area contributed by atoms with E-state index in [-0.39, 0.29) is 10.8 Å². The van der Waals surface area contributed by atoms with Crippen molar-refractivity contribution in [3.05, 3.63) is 36.4 Å². The smallest absolute Gasteiger partial charge is 0.262 e. The Morgan fingerprint density at radius 3 is 2.61 bits per heavy atom. The van der Waals surface area contributed by atoms with Gasteiger partial charge in [0.2, 0.25) is 5.91 Å². The number of carbonyl (C=O) groups excluding carboxylic acids is 1. The Balaban J connectivity index is 2.07.